The summed E-state index contributed by atoms with van der Waals surface area (Å²) in [5, 5.41) is 10.7. The highest BCUT2D eigenvalue weighted by atomic mass is 27.2. The molecule has 0 atom stereocenters. The topological polar surface area (TPSA) is 37.3 Å². The summed E-state index contributed by atoms with van der Waals surface area (Å²) in [6.07, 6.45) is 3.60. The molecule has 0 saturated carbocycles. The Hall–Kier alpha value is 0.00247. The molecule has 1 aliphatic heterocycles. The minimum Gasteiger partial charge on any atom is -0.496 e. The van der Waals surface area contributed by atoms with Crippen LogP contribution in [0.4, 0.5) is 4.79 Å². The van der Waals surface area contributed by atoms with Crippen molar-refractivity contribution in [3.05, 3.63) is 0 Å². The summed E-state index contributed by atoms with van der Waals surface area (Å²) < 4.78 is 0. The number of carboxylic acid groups (broad SMARTS) is 1. The number of rotatable bonds is 1. The molecular formula is C6H11AlO2. The van der Waals surface area contributed by atoms with E-state index in [4.69, 9.17) is 5.11 Å². The van der Waals surface area contributed by atoms with Crippen molar-refractivity contribution in [2.75, 3.05) is 0 Å². The van der Waals surface area contributed by atoms with Crippen LogP contribution < -0.4 is 0 Å². The van der Waals surface area contributed by atoms with Gasteiger partial charge >= 0.3 is 14.1 Å². The van der Waals surface area contributed by atoms with E-state index in [1.165, 1.54) is 19.3 Å². The minimum atomic E-state index is -1.28. The van der Waals surface area contributed by atoms with Crippen LogP contribution >= 0.6 is 0 Å². The molecule has 0 aromatic heterocycles. The summed E-state index contributed by atoms with van der Waals surface area (Å²) in [4.78, 5) is 9.95. The van der Waals surface area contributed by atoms with Gasteiger partial charge in [-0.3, -0.25) is 4.79 Å². The van der Waals surface area contributed by atoms with E-state index in [1.54, 1.807) is 0 Å². The minimum absolute atomic E-state index is 0.463. The Balaban J connectivity index is 2.31. The first-order valence-corrected chi connectivity index (χ1v) is 5.74. The van der Waals surface area contributed by atoms with Gasteiger partial charge < -0.3 is 5.11 Å². The maximum atomic E-state index is 10.4. The van der Waals surface area contributed by atoms with Crippen LogP contribution in [0.1, 0.15) is 19.3 Å². The largest absolute Gasteiger partial charge is 0.496 e. The first-order chi connectivity index (χ1) is 4.30. The third-order valence-corrected chi connectivity index (χ3v) is 4.86. The van der Waals surface area contributed by atoms with Crippen molar-refractivity contribution in [3.63, 3.8) is 0 Å². The van der Waals surface area contributed by atoms with Crippen molar-refractivity contribution in [1.82, 2.24) is 0 Å². The highest BCUT2D eigenvalue weighted by molar-refractivity contribution is 6.88. The fourth-order valence-electron chi connectivity index (χ4n) is 1.35. The highest BCUT2D eigenvalue weighted by Gasteiger charge is 2.28. The lowest BCUT2D eigenvalue weighted by Gasteiger charge is -2.11. The second kappa shape index (κ2) is 3.24. The number of hydrogen-bond acceptors (Lipinski definition) is 1. The number of carbonyl (C=O) groups is 1. The van der Waals surface area contributed by atoms with Crippen molar-refractivity contribution in [1.29, 1.82) is 0 Å². The van der Waals surface area contributed by atoms with Crippen LogP contribution in [0, 0.1) is 0 Å². The molecule has 0 amide bonds. The molecule has 9 heavy (non-hydrogen) atoms. The maximum Gasteiger partial charge on any atom is 0.434 e. The van der Waals surface area contributed by atoms with Crippen molar-refractivity contribution in [2.24, 2.45) is 0 Å². The molecule has 0 spiro atoms. The average molecular weight is 142 g/mol. The van der Waals surface area contributed by atoms with Gasteiger partial charge in [-0.1, -0.05) is 29.8 Å². The van der Waals surface area contributed by atoms with Crippen LogP contribution in [-0.2, 0) is 0 Å². The molecule has 0 unspecified atom stereocenters. The Morgan fingerprint density at radius 3 is 2.11 bits per heavy atom. The zero-order valence-corrected chi connectivity index (χ0v) is 6.62. The van der Waals surface area contributed by atoms with Gasteiger partial charge in [0.25, 0.3) is 0 Å². The van der Waals surface area contributed by atoms with E-state index in [1.807, 2.05) is 0 Å². The van der Waals surface area contributed by atoms with E-state index in [-0.39, 0.29) is 0 Å². The SMILES string of the molecule is O=[C](O)[Al]1[CH2]CCC[CH2]1. The molecular weight excluding hydrogens is 131 g/mol. The second-order valence-electron chi connectivity index (χ2n) is 2.67. The van der Waals surface area contributed by atoms with Crippen LogP contribution in [0.15, 0.2) is 0 Å². The van der Waals surface area contributed by atoms with E-state index >= 15 is 0 Å². The van der Waals surface area contributed by atoms with Gasteiger partial charge in [-0.25, -0.2) is 0 Å². The lowest BCUT2D eigenvalue weighted by Crippen LogP contribution is -2.25. The first kappa shape index (κ1) is 7.11. The van der Waals surface area contributed by atoms with E-state index < -0.39 is 19.0 Å². The fraction of sp³-hybridized carbons (Fsp3) is 0.833. The molecule has 1 N–H and O–H groups in total. The van der Waals surface area contributed by atoms with Gasteiger partial charge in [0.05, 0.1) is 0 Å². The van der Waals surface area contributed by atoms with Gasteiger partial charge in [0, 0.05) is 0 Å². The fourth-order valence-corrected chi connectivity index (χ4v) is 3.70. The Bertz CT molecular complexity index is 108. The summed E-state index contributed by atoms with van der Waals surface area (Å²) in [5.41, 5.74) is 0. The molecule has 0 aromatic carbocycles. The maximum absolute atomic E-state index is 10.4. The molecule has 2 nitrogen and oxygen atoms in total. The summed E-state index contributed by atoms with van der Waals surface area (Å²) in [6.45, 7) is 0. The lowest BCUT2D eigenvalue weighted by molar-refractivity contribution is 0.218. The first-order valence-electron chi connectivity index (χ1n) is 3.53. The second-order valence-corrected chi connectivity index (χ2v) is 5.72. The smallest absolute Gasteiger partial charge is 0.434 e. The predicted molar refractivity (Wildman–Crippen MR) is 37.2 cm³/mol. The quantitative estimate of drug-likeness (QED) is 0.568. The molecule has 0 radical (unpaired) electrons. The normalized spacial score (nSPS) is 19.8. The monoisotopic (exact) mass is 142 g/mol. The molecule has 0 aliphatic carbocycles. The zero-order valence-electron chi connectivity index (χ0n) is 5.47. The van der Waals surface area contributed by atoms with Crippen molar-refractivity contribution < 1.29 is 9.90 Å². The van der Waals surface area contributed by atoms with Crippen LogP contribution in [0.2, 0.25) is 10.6 Å². The highest BCUT2D eigenvalue weighted by Crippen LogP contribution is 2.18. The summed E-state index contributed by atoms with van der Waals surface area (Å²) in [5.74, 6) is 0. The summed E-state index contributed by atoms with van der Waals surface area (Å²) >= 11 is -1.28. The van der Waals surface area contributed by atoms with Crippen LogP contribution in [-0.4, -0.2) is 24.1 Å². The Morgan fingerprint density at radius 1 is 1.22 bits per heavy atom. The molecule has 1 saturated heterocycles. The van der Waals surface area contributed by atoms with Crippen molar-refractivity contribution >= 4 is 19.0 Å². The van der Waals surface area contributed by atoms with E-state index in [2.05, 4.69) is 0 Å². The molecule has 1 heterocycles. The van der Waals surface area contributed by atoms with Gasteiger partial charge in [0.2, 0.25) is 0 Å². The van der Waals surface area contributed by atoms with Crippen LogP contribution in [0.5, 0.6) is 0 Å². The Kier molecular flexibility index (Phi) is 2.56. The third-order valence-electron chi connectivity index (χ3n) is 1.95. The average Bonchev–Trinajstić information content (AvgIpc) is 1.90. The van der Waals surface area contributed by atoms with Crippen LogP contribution in [0.3, 0.4) is 0 Å². The summed E-state index contributed by atoms with van der Waals surface area (Å²) in [7, 11) is 0. The van der Waals surface area contributed by atoms with E-state index in [9.17, 15) is 4.79 Å². The van der Waals surface area contributed by atoms with E-state index in [0.717, 1.165) is 10.6 Å². The molecule has 0 bridgehead atoms. The molecule has 3 heteroatoms. The Labute approximate surface area is 59.3 Å². The molecule has 1 fully saturated rings. The standard InChI is InChI=1S/C5H10.CHO2.Al/c1-3-5-4-2;2-1-3;/h1-5H2;(H,2,3);. The molecule has 0 aromatic rings. The Morgan fingerprint density at radius 2 is 1.78 bits per heavy atom. The van der Waals surface area contributed by atoms with Gasteiger partial charge in [-0.15, -0.1) is 0 Å². The van der Waals surface area contributed by atoms with Crippen LogP contribution in [0.25, 0.3) is 0 Å². The third kappa shape index (κ3) is 2.00. The predicted octanol–water partition coefficient (Wildman–Crippen LogP) is 1.92. The molecule has 1 aliphatic rings. The van der Waals surface area contributed by atoms with E-state index in [0.29, 0.717) is 0 Å². The summed E-state index contributed by atoms with van der Waals surface area (Å²) in [6, 6.07) is 0. The van der Waals surface area contributed by atoms with Gasteiger partial charge in [-0.2, -0.15) is 0 Å². The lowest BCUT2D eigenvalue weighted by atomic mass is 10.3. The molecule has 1 rings (SSSR count). The van der Waals surface area contributed by atoms with Crippen molar-refractivity contribution in [3.8, 4) is 0 Å². The van der Waals surface area contributed by atoms with Gasteiger partial charge in [0.1, 0.15) is 0 Å². The van der Waals surface area contributed by atoms with Gasteiger partial charge in [0.15, 0.2) is 4.83 Å². The molecule has 50 valence electrons. The van der Waals surface area contributed by atoms with Crippen molar-refractivity contribution in [2.45, 2.75) is 29.8 Å². The number of hydrogen-bond donors (Lipinski definition) is 1. The van der Waals surface area contributed by atoms with Gasteiger partial charge in [-0.05, 0) is 0 Å². The zero-order chi connectivity index (χ0) is 6.69.